The van der Waals surface area contributed by atoms with Gasteiger partial charge in [0.15, 0.2) is 4.96 Å². The van der Waals surface area contributed by atoms with Crippen molar-refractivity contribution in [1.29, 1.82) is 0 Å². The Kier molecular flexibility index (Phi) is 7.78. The second-order valence-electron chi connectivity index (χ2n) is 11.1. The monoisotopic (exact) mass is 587 g/mol. The largest absolute Gasteiger partial charge is 0.345 e. The number of rotatable bonds is 8. The van der Waals surface area contributed by atoms with Crippen LogP contribution in [0.15, 0.2) is 101 Å². The minimum atomic E-state index is -0.311. The Hall–Kier alpha value is -4.82. The molecule has 6 aromatic rings. The van der Waals surface area contributed by atoms with Crippen molar-refractivity contribution in [1.82, 2.24) is 24.5 Å². The number of aryl methyl sites for hydroxylation is 2. The fraction of sp³-hybridized carbons (Fsp3) is 0.200. The van der Waals surface area contributed by atoms with E-state index in [0.29, 0.717) is 33.5 Å². The summed E-state index contributed by atoms with van der Waals surface area (Å²) in [7, 11) is 0. The van der Waals surface area contributed by atoms with Crippen molar-refractivity contribution < 1.29 is 4.79 Å². The third-order valence-electron chi connectivity index (χ3n) is 7.68. The molecule has 7 nitrogen and oxygen atoms in total. The summed E-state index contributed by atoms with van der Waals surface area (Å²) >= 11 is 1.35. The third-order valence-corrected chi connectivity index (χ3v) is 8.56. The number of amides is 1. The number of fused-ring (bicyclic) bond motifs is 1. The van der Waals surface area contributed by atoms with Gasteiger partial charge in [-0.3, -0.25) is 14.0 Å². The lowest BCUT2D eigenvalue weighted by molar-refractivity contribution is -0.121. The van der Waals surface area contributed by atoms with E-state index in [4.69, 9.17) is 10.1 Å². The molecule has 0 fully saturated rings. The molecule has 0 aliphatic heterocycles. The first-order valence-corrected chi connectivity index (χ1v) is 15.2. The molecule has 1 amide bonds. The number of nitrogens with zero attached hydrogens (tertiary/aromatic N) is 4. The topological polar surface area (TPSA) is 81.3 Å². The Labute approximate surface area is 254 Å². The Morgan fingerprint density at radius 3 is 2.12 bits per heavy atom. The maximum Gasteiger partial charge on any atom is 0.268 e. The van der Waals surface area contributed by atoms with Gasteiger partial charge in [-0.1, -0.05) is 86.6 Å². The molecule has 3 aromatic heterocycles. The molecule has 0 aliphatic carbocycles. The second kappa shape index (κ2) is 11.8. The number of hydrogen-bond acceptors (Lipinski definition) is 5. The van der Waals surface area contributed by atoms with E-state index < -0.39 is 0 Å². The van der Waals surface area contributed by atoms with Gasteiger partial charge in [-0.15, -0.1) is 11.3 Å². The Morgan fingerprint density at radius 2 is 1.51 bits per heavy atom. The van der Waals surface area contributed by atoms with Gasteiger partial charge in [0.1, 0.15) is 5.69 Å². The number of nitrogens with one attached hydrogen (secondary N) is 1. The van der Waals surface area contributed by atoms with E-state index in [0.717, 1.165) is 22.5 Å². The van der Waals surface area contributed by atoms with Gasteiger partial charge >= 0.3 is 0 Å². The Morgan fingerprint density at radius 1 is 0.884 bits per heavy atom. The Bertz CT molecular complexity index is 1920. The van der Waals surface area contributed by atoms with Crippen LogP contribution in [0, 0.1) is 13.8 Å². The molecule has 0 spiro atoms. The molecule has 0 saturated carbocycles. The fourth-order valence-electron chi connectivity index (χ4n) is 5.41. The maximum absolute atomic E-state index is 14.0. The van der Waals surface area contributed by atoms with E-state index in [-0.39, 0.29) is 23.9 Å². The van der Waals surface area contributed by atoms with Gasteiger partial charge in [-0.2, -0.15) is 5.10 Å². The molecule has 6 rings (SSSR count). The molecule has 216 valence electrons. The highest BCUT2D eigenvalue weighted by molar-refractivity contribution is 7.15. The van der Waals surface area contributed by atoms with Crippen molar-refractivity contribution in [3.63, 3.8) is 0 Å². The molecule has 3 heterocycles. The van der Waals surface area contributed by atoms with E-state index in [1.807, 2.05) is 103 Å². The Balaban J connectivity index is 1.32. The molecule has 0 saturated heterocycles. The first-order chi connectivity index (χ1) is 20.8. The van der Waals surface area contributed by atoms with E-state index in [9.17, 15) is 9.59 Å². The molecular weight excluding hydrogens is 554 g/mol. The lowest BCUT2D eigenvalue weighted by Gasteiger charge is -2.20. The first kappa shape index (κ1) is 28.3. The van der Waals surface area contributed by atoms with Crippen LogP contribution in [0.3, 0.4) is 0 Å². The van der Waals surface area contributed by atoms with Crippen LogP contribution in [0.5, 0.6) is 0 Å². The minimum Gasteiger partial charge on any atom is -0.345 e. The summed E-state index contributed by atoms with van der Waals surface area (Å²) in [6, 6.07) is 29.7. The van der Waals surface area contributed by atoms with Crippen LogP contribution in [0.4, 0.5) is 0 Å². The average molecular weight is 588 g/mol. The molecule has 3 aromatic carbocycles. The van der Waals surface area contributed by atoms with Crippen molar-refractivity contribution in [2.45, 2.75) is 46.1 Å². The normalized spacial score (nSPS) is 11.5. The molecular formula is C35H33N5O2S. The van der Waals surface area contributed by atoms with Gasteiger partial charge in [0, 0.05) is 16.8 Å². The number of aromatic nitrogens is 4. The summed E-state index contributed by atoms with van der Waals surface area (Å²) in [5, 5.41) is 9.85. The number of hydrogen-bond donors (Lipinski definition) is 1. The SMILES string of the molecule is Cc1nc2scc(CC(=O)NC(c3ccccc3)c3ccccc3)n2c(=O)c1-c1cc(C)n(-c2ccc(C(C)C)cc2)n1. The van der Waals surface area contributed by atoms with Gasteiger partial charge in [-0.05, 0) is 54.7 Å². The highest BCUT2D eigenvalue weighted by Gasteiger charge is 2.22. The predicted molar refractivity (Wildman–Crippen MR) is 172 cm³/mol. The molecule has 0 aliphatic rings. The lowest BCUT2D eigenvalue weighted by Crippen LogP contribution is -2.31. The second-order valence-corrected chi connectivity index (χ2v) is 11.9. The van der Waals surface area contributed by atoms with Crippen molar-refractivity contribution in [2.24, 2.45) is 0 Å². The van der Waals surface area contributed by atoms with E-state index in [1.54, 1.807) is 4.40 Å². The molecule has 8 heteroatoms. The average Bonchev–Trinajstić information content (AvgIpc) is 3.59. The van der Waals surface area contributed by atoms with E-state index in [2.05, 4.69) is 31.3 Å². The highest BCUT2D eigenvalue weighted by atomic mass is 32.1. The van der Waals surface area contributed by atoms with Crippen LogP contribution < -0.4 is 10.9 Å². The number of carbonyl (C=O) groups excluding carboxylic acids is 1. The predicted octanol–water partition coefficient (Wildman–Crippen LogP) is 6.80. The van der Waals surface area contributed by atoms with Crippen molar-refractivity contribution in [3.8, 4) is 16.9 Å². The zero-order chi connectivity index (χ0) is 30.1. The minimum absolute atomic E-state index is 0.0376. The van der Waals surface area contributed by atoms with Gasteiger partial charge < -0.3 is 5.32 Å². The van der Waals surface area contributed by atoms with Crippen molar-refractivity contribution >= 4 is 22.2 Å². The smallest absolute Gasteiger partial charge is 0.268 e. The van der Waals surface area contributed by atoms with Crippen molar-refractivity contribution in [2.75, 3.05) is 0 Å². The fourth-order valence-corrected chi connectivity index (χ4v) is 6.33. The summed E-state index contributed by atoms with van der Waals surface area (Å²) in [6.45, 7) is 8.14. The van der Waals surface area contributed by atoms with Crippen LogP contribution in [-0.2, 0) is 11.2 Å². The zero-order valence-electron chi connectivity index (χ0n) is 24.6. The summed E-state index contributed by atoms with van der Waals surface area (Å²) in [5.74, 6) is 0.254. The number of carbonyl (C=O) groups is 1. The van der Waals surface area contributed by atoms with Crippen LogP contribution in [0.25, 0.3) is 21.9 Å². The van der Waals surface area contributed by atoms with Crippen LogP contribution in [0.1, 0.15) is 59.6 Å². The molecule has 0 radical (unpaired) electrons. The standard InChI is InChI=1S/C35H33N5O2S/c1-22(2)25-15-17-28(18-16-25)40-23(3)19-30(38-40)32-24(4)36-35-39(34(32)42)29(21-43-35)20-31(41)37-33(26-11-7-5-8-12-26)27-13-9-6-10-14-27/h5-19,21-22,33H,20H2,1-4H3,(H,37,41). The van der Waals surface area contributed by atoms with Gasteiger partial charge in [0.2, 0.25) is 5.91 Å². The molecule has 1 N–H and O–H groups in total. The quantitative estimate of drug-likeness (QED) is 0.212. The first-order valence-electron chi connectivity index (χ1n) is 14.4. The highest BCUT2D eigenvalue weighted by Crippen LogP contribution is 2.26. The summed E-state index contributed by atoms with van der Waals surface area (Å²) in [5.41, 5.74) is 7.03. The summed E-state index contributed by atoms with van der Waals surface area (Å²) in [6.07, 6.45) is 0.0376. The maximum atomic E-state index is 14.0. The van der Waals surface area contributed by atoms with Gasteiger partial charge in [0.05, 0.1) is 29.4 Å². The van der Waals surface area contributed by atoms with Crippen LogP contribution in [0.2, 0.25) is 0 Å². The number of thiazole rings is 1. The molecule has 0 unspecified atom stereocenters. The van der Waals surface area contributed by atoms with Crippen LogP contribution >= 0.6 is 11.3 Å². The van der Waals surface area contributed by atoms with Crippen molar-refractivity contribution in [3.05, 3.63) is 141 Å². The van der Waals surface area contributed by atoms with E-state index in [1.165, 1.54) is 16.9 Å². The molecule has 0 atom stereocenters. The third kappa shape index (κ3) is 5.66. The molecule has 0 bridgehead atoms. The zero-order valence-corrected chi connectivity index (χ0v) is 25.4. The summed E-state index contributed by atoms with van der Waals surface area (Å²) in [4.78, 5) is 32.8. The van der Waals surface area contributed by atoms with Gasteiger partial charge in [-0.25, -0.2) is 9.67 Å². The lowest BCUT2D eigenvalue weighted by atomic mass is 9.98. The van der Waals surface area contributed by atoms with E-state index >= 15 is 0 Å². The molecule has 43 heavy (non-hydrogen) atoms. The van der Waals surface area contributed by atoms with Gasteiger partial charge in [0.25, 0.3) is 5.56 Å². The number of benzene rings is 3. The summed E-state index contributed by atoms with van der Waals surface area (Å²) < 4.78 is 3.40. The van der Waals surface area contributed by atoms with Crippen LogP contribution in [-0.4, -0.2) is 25.1 Å².